The number of hydrogen-bond acceptors (Lipinski definition) is 7. The molecular weight excluding hydrogens is 362 g/mol. The van der Waals surface area contributed by atoms with E-state index in [9.17, 15) is 23.3 Å². The lowest BCUT2D eigenvalue weighted by Crippen LogP contribution is -2.10. The van der Waals surface area contributed by atoms with Gasteiger partial charge < -0.3 is 8.92 Å². The Hall–Kier alpha value is -3.20. The number of carbonyl (C=O) groups excluding carboxylic acids is 1. The van der Waals surface area contributed by atoms with Crippen molar-refractivity contribution in [3.8, 4) is 11.5 Å². The first kappa shape index (κ1) is 19.1. The van der Waals surface area contributed by atoms with Crippen molar-refractivity contribution < 1.29 is 27.1 Å². The van der Waals surface area contributed by atoms with Gasteiger partial charge in [0.05, 0.1) is 12.0 Å². The fourth-order valence-corrected chi connectivity index (χ4v) is 2.91. The smallest absolute Gasteiger partial charge is 0.339 e. The van der Waals surface area contributed by atoms with Crippen LogP contribution < -0.4 is 8.92 Å². The molecule has 0 aliphatic heterocycles. The Morgan fingerprint density at radius 2 is 1.77 bits per heavy atom. The molecule has 9 heteroatoms. The lowest BCUT2D eigenvalue weighted by molar-refractivity contribution is -0.384. The summed E-state index contributed by atoms with van der Waals surface area (Å²) in [5.74, 6) is -0.0305. The van der Waals surface area contributed by atoms with Crippen LogP contribution in [-0.4, -0.2) is 26.2 Å². The third kappa shape index (κ3) is 4.67. The topological polar surface area (TPSA) is 113 Å². The predicted octanol–water partition coefficient (Wildman–Crippen LogP) is 2.97. The van der Waals surface area contributed by atoms with Crippen molar-refractivity contribution >= 4 is 27.7 Å². The van der Waals surface area contributed by atoms with Gasteiger partial charge in [-0.05, 0) is 42.8 Å². The zero-order chi connectivity index (χ0) is 19.3. The van der Waals surface area contributed by atoms with Crippen LogP contribution in [0, 0.1) is 10.1 Å². The van der Waals surface area contributed by atoms with Crippen molar-refractivity contribution in [1.29, 1.82) is 0 Å². The third-order valence-corrected chi connectivity index (χ3v) is 4.48. The summed E-state index contributed by atoms with van der Waals surface area (Å²) in [6.45, 7) is 1.40. The predicted molar refractivity (Wildman–Crippen MR) is 93.6 cm³/mol. The van der Waals surface area contributed by atoms with E-state index in [1.807, 2.05) is 0 Å². The minimum absolute atomic E-state index is 0.0502. The standard InChI is InChI=1S/C17H15NO7S/c1-12(19)3-4-13-5-10-16(17(11-13)24-2)25-26(22,23)15-8-6-14(7-9-15)18(20)21/h3-11H,1-2H3/b4-3+. The number of non-ortho nitro benzene ring substituents is 1. The number of hydrogen-bond donors (Lipinski definition) is 0. The Labute approximate surface area is 149 Å². The van der Waals surface area contributed by atoms with Crippen molar-refractivity contribution in [2.75, 3.05) is 7.11 Å². The van der Waals surface area contributed by atoms with Gasteiger partial charge in [-0.2, -0.15) is 8.42 Å². The van der Waals surface area contributed by atoms with E-state index in [4.69, 9.17) is 8.92 Å². The molecule has 2 aromatic carbocycles. The summed E-state index contributed by atoms with van der Waals surface area (Å²) in [5.41, 5.74) is 0.389. The number of carbonyl (C=O) groups is 1. The van der Waals surface area contributed by atoms with Crippen LogP contribution in [0.25, 0.3) is 6.08 Å². The second-order valence-corrected chi connectivity index (χ2v) is 6.69. The largest absolute Gasteiger partial charge is 0.493 e. The first-order valence-electron chi connectivity index (χ1n) is 7.28. The first-order chi connectivity index (χ1) is 12.2. The molecule has 0 amide bonds. The van der Waals surface area contributed by atoms with Crippen LogP contribution in [0.3, 0.4) is 0 Å². The summed E-state index contributed by atoms with van der Waals surface area (Å²) >= 11 is 0. The normalized spacial score (nSPS) is 11.3. The highest BCUT2D eigenvalue weighted by atomic mass is 32.2. The lowest BCUT2D eigenvalue weighted by atomic mass is 10.2. The van der Waals surface area contributed by atoms with Crippen LogP contribution in [0.4, 0.5) is 5.69 Å². The molecule has 2 aromatic rings. The summed E-state index contributed by atoms with van der Waals surface area (Å²) < 4.78 is 34.9. The molecule has 2 rings (SSSR count). The zero-order valence-electron chi connectivity index (χ0n) is 13.9. The summed E-state index contributed by atoms with van der Waals surface area (Å²) in [6, 6.07) is 8.78. The zero-order valence-corrected chi connectivity index (χ0v) is 14.7. The maximum Gasteiger partial charge on any atom is 0.339 e. The highest BCUT2D eigenvalue weighted by Crippen LogP contribution is 2.31. The molecule has 8 nitrogen and oxygen atoms in total. The van der Waals surface area contributed by atoms with Crippen LogP contribution in [-0.2, 0) is 14.9 Å². The molecule has 136 valence electrons. The molecule has 0 atom stereocenters. The quantitative estimate of drug-likeness (QED) is 0.315. The van der Waals surface area contributed by atoms with Gasteiger partial charge in [0.15, 0.2) is 17.3 Å². The molecule has 0 aromatic heterocycles. The van der Waals surface area contributed by atoms with Gasteiger partial charge in [0.25, 0.3) is 5.69 Å². The van der Waals surface area contributed by atoms with Crippen LogP contribution in [0.1, 0.15) is 12.5 Å². The van der Waals surface area contributed by atoms with Crippen LogP contribution in [0.2, 0.25) is 0 Å². The monoisotopic (exact) mass is 377 g/mol. The summed E-state index contributed by atoms with van der Waals surface area (Å²) in [5, 5.41) is 10.6. The van der Waals surface area contributed by atoms with E-state index < -0.39 is 15.0 Å². The number of allylic oxidation sites excluding steroid dienone is 1. The number of rotatable bonds is 7. The van der Waals surface area contributed by atoms with Gasteiger partial charge in [0.2, 0.25) is 0 Å². The first-order valence-corrected chi connectivity index (χ1v) is 8.69. The van der Waals surface area contributed by atoms with E-state index in [1.165, 1.54) is 32.2 Å². The van der Waals surface area contributed by atoms with Crippen LogP contribution in [0.5, 0.6) is 11.5 Å². The van der Waals surface area contributed by atoms with Gasteiger partial charge in [0.1, 0.15) is 4.90 Å². The molecule has 0 aliphatic rings. The Bertz CT molecular complexity index is 963. The van der Waals surface area contributed by atoms with Crippen molar-refractivity contribution in [2.45, 2.75) is 11.8 Å². The van der Waals surface area contributed by atoms with E-state index >= 15 is 0 Å². The van der Waals surface area contributed by atoms with Gasteiger partial charge in [-0.25, -0.2) is 0 Å². The summed E-state index contributed by atoms with van der Waals surface area (Å²) in [6.07, 6.45) is 2.92. The van der Waals surface area contributed by atoms with Crippen molar-refractivity contribution in [3.05, 3.63) is 64.2 Å². The molecule has 0 heterocycles. The van der Waals surface area contributed by atoms with Gasteiger partial charge >= 0.3 is 10.1 Å². The molecule has 0 spiro atoms. The van der Waals surface area contributed by atoms with E-state index in [0.717, 1.165) is 24.3 Å². The average molecular weight is 377 g/mol. The molecule has 0 fully saturated rings. The Morgan fingerprint density at radius 3 is 2.31 bits per heavy atom. The maximum atomic E-state index is 12.3. The van der Waals surface area contributed by atoms with Gasteiger partial charge in [-0.1, -0.05) is 12.1 Å². The molecule has 0 N–H and O–H groups in total. The van der Waals surface area contributed by atoms with E-state index in [0.29, 0.717) is 5.56 Å². The average Bonchev–Trinajstić information content (AvgIpc) is 2.60. The molecular formula is C17H15NO7S. The SMILES string of the molecule is COc1cc(/C=C/C(C)=O)ccc1OS(=O)(=O)c1ccc([N+](=O)[O-])cc1. The van der Waals surface area contributed by atoms with Gasteiger partial charge in [-0.15, -0.1) is 0 Å². The van der Waals surface area contributed by atoms with E-state index in [1.54, 1.807) is 12.1 Å². The Kier molecular flexibility index (Phi) is 5.73. The maximum absolute atomic E-state index is 12.3. The number of benzene rings is 2. The third-order valence-electron chi connectivity index (χ3n) is 3.23. The minimum Gasteiger partial charge on any atom is -0.493 e. The fraction of sp³-hybridized carbons (Fsp3) is 0.118. The van der Waals surface area contributed by atoms with E-state index in [-0.39, 0.29) is 27.9 Å². The molecule has 0 unspecified atom stereocenters. The molecule has 0 aliphatic carbocycles. The number of ether oxygens (including phenoxy) is 1. The minimum atomic E-state index is -4.20. The highest BCUT2D eigenvalue weighted by molar-refractivity contribution is 7.87. The van der Waals surface area contributed by atoms with E-state index in [2.05, 4.69) is 0 Å². The van der Waals surface area contributed by atoms with Crippen LogP contribution in [0.15, 0.2) is 53.4 Å². The number of nitro benzene ring substituents is 1. The van der Waals surface area contributed by atoms with Crippen molar-refractivity contribution in [1.82, 2.24) is 0 Å². The molecule has 0 bridgehead atoms. The molecule has 26 heavy (non-hydrogen) atoms. The molecule has 0 saturated carbocycles. The fourth-order valence-electron chi connectivity index (χ4n) is 1.97. The van der Waals surface area contributed by atoms with Crippen LogP contribution >= 0.6 is 0 Å². The van der Waals surface area contributed by atoms with Crippen molar-refractivity contribution in [3.63, 3.8) is 0 Å². The summed E-state index contributed by atoms with van der Waals surface area (Å²) in [7, 11) is -2.86. The van der Waals surface area contributed by atoms with Crippen molar-refractivity contribution in [2.24, 2.45) is 0 Å². The lowest BCUT2D eigenvalue weighted by Gasteiger charge is -2.11. The van der Waals surface area contributed by atoms with Gasteiger partial charge in [-0.3, -0.25) is 14.9 Å². The Balaban J connectivity index is 2.30. The summed E-state index contributed by atoms with van der Waals surface area (Å²) in [4.78, 5) is 20.8. The second-order valence-electron chi connectivity index (χ2n) is 5.14. The number of ketones is 1. The molecule has 0 radical (unpaired) electrons. The number of nitrogens with zero attached hydrogens (tertiary/aromatic N) is 1. The van der Waals surface area contributed by atoms with Gasteiger partial charge in [0, 0.05) is 12.1 Å². The highest BCUT2D eigenvalue weighted by Gasteiger charge is 2.20. The number of nitro groups is 1. The second kappa shape index (κ2) is 7.79. The Morgan fingerprint density at radius 1 is 1.12 bits per heavy atom. The molecule has 0 saturated heterocycles. The number of methoxy groups -OCH3 is 1.